The Morgan fingerprint density at radius 3 is 2.67 bits per heavy atom. The summed E-state index contributed by atoms with van der Waals surface area (Å²) in [5, 5.41) is 1.07. The molecule has 0 radical (unpaired) electrons. The van der Waals surface area contributed by atoms with Crippen molar-refractivity contribution in [3.8, 4) is 0 Å². The maximum Gasteiger partial charge on any atom is 0.161 e. The number of Topliss-reactive ketones (excluding diaryl/α,β-unsaturated/α-hetero) is 1. The van der Waals surface area contributed by atoms with Crippen molar-refractivity contribution in [2.75, 3.05) is 20.6 Å². The summed E-state index contributed by atoms with van der Waals surface area (Å²) in [5.41, 5.74) is 3.23. The van der Waals surface area contributed by atoms with E-state index in [1.165, 1.54) is 11.1 Å². The van der Waals surface area contributed by atoms with Gasteiger partial charge in [-0.2, -0.15) is 0 Å². The van der Waals surface area contributed by atoms with E-state index in [1.807, 2.05) is 18.3 Å². The topological polar surface area (TPSA) is 25.2 Å². The van der Waals surface area contributed by atoms with Crippen molar-refractivity contribution in [1.29, 1.82) is 0 Å². The van der Waals surface area contributed by atoms with Gasteiger partial charge in [-0.25, -0.2) is 0 Å². The lowest BCUT2D eigenvalue weighted by Crippen LogP contribution is -2.18. The molecule has 1 aromatic carbocycles. The lowest BCUT2D eigenvalue weighted by Gasteiger charge is -2.12. The second kappa shape index (κ2) is 4.94. The fourth-order valence-electron chi connectivity index (χ4n) is 2.31. The van der Waals surface area contributed by atoms with Gasteiger partial charge < -0.3 is 9.47 Å². The summed E-state index contributed by atoms with van der Waals surface area (Å²) in [7, 11) is 4.12. The quantitative estimate of drug-likeness (QED) is 0.773. The molecule has 0 saturated heterocycles. The molecule has 96 valence electrons. The van der Waals surface area contributed by atoms with Gasteiger partial charge in [0.25, 0.3) is 0 Å². The molecule has 0 aliphatic heterocycles. The van der Waals surface area contributed by atoms with Gasteiger partial charge in [-0.3, -0.25) is 4.79 Å². The van der Waals surface area contributed by atoms with Crippen molar-refractivity contribution >= 4 is 16.7 Å². The maximum atomic E-state index is 11.7. The number of rotatable bonds is 4. The lowest BCUT2D eigenvalue weighted by molar-refractivity contribution is 0.101. The van der Waals surface area contributed by atoms with Crippen LogP contribution in [0.15, 0.2) is 24.4 Å². The van der Waals surface area contributed by atoms with Gasteiger partial charge in [-0.1, -0.05) is 18.2 Å². The number of hydrogen-bond acceptors (Lipinski definition) is 2. The highest BCUT2D eigenvalue weighted by Gasteiger charge is 2.13. The molecular weight excluding hydrogens is 224 g/mol. The molecule has 18 heavy (non-hydrogen) atoms. The van der Waals surface area contributed by atoms with E-state index in [2.05, 4.69) is 36.6 Å². The number of hydrogen-bond donors (Lipinski definition) is 0. The third kappa shape index (κ3) is 2.31. The molecule has 2 rings (SSSR count). The summed E-state index contributed by atoms with van der Waals surface area (Å²) in [6.07, 6.45) is 1.99. The van der Waals surface area contributed by atoms with Gasteiger partial charge >= 0.3 is 0 Å². The standard InChI is InChI=1S/C15H20N2O/c1-11-6-5-7-13-14(12(2)18)10-17(15(11)13)9-8-16(3)4/h5-7,10H,8-9H2,1-4H3. The average Bonchev–Trinajstić information content (AvgIpc) is 2.67. The summed E-state index contributed by atoms with van der Waals surface area (Å²) >= 11 is 0. The Balaban J connectivity index is 2.55. The summed E-state index contributed by atoms with van der Waals surface area (Å²) < 4.78 is 2.20. The molecule has 0 amide bonds. The monoisotopic (exact) mass is 244 g/mol. The van der Waals surface area contributed by atoms with E-state index >= 15 is 0 Å². The van der Waals surface area contributed by atoms with Crippen molar-refractivity contribution in [2.24, 2.45) is 0 Å². The molecule has 0 atom stereocenters. The van der Waals surface area contributed by atoms with Gasteiger partial charge in [0, 0.05) is 30.2 Å². The minimum atomic E-state index is 0.134. The van der Waals surface area contributed by atoms with E-state index < -0.39 is 0 Å². The minimum Gasteiger partial charge on any atom is -0.345 e. The first-order chi connectivity index (χ1) is 8.50. The number of likely N-dealkylation sites (N-methyl/N-ethyl adjacent to an activating group) is 1. The predicted octanol–water partition coefficient (Wildman–Crippen LogP) is 2.71. The highest BCUT2D eigenvalue weighted by Crippen LogP contribution is 2.24. The summed E-state index contributed by atoms with van der Waals surface area (Å²) in [4.78, 5) is 13.8. The molecule has 0 unspecified atom stereocenters. The molecule has 2 aromatic rings. The first-order valence-electron chi connectivity index (χ1n) is 6.25. The maximum absolute atomic E-state index is 11.7. The average molecular weight is 244 g/mol. The molecule has 0 fully saturated rings. The van der Waals surface area contributed by atoms with Crippen LogP contribution >= 0.6 is 0 Å². The van der Waals surface area contributed by atoms with Crippen LogP contribution in [-0.2, 0) is 6.54 Å². The minimum absolute atomic E-state index is 0.134. The van der Waals surface area contributed by atoms with Gasteiger partial charge in [0.2, 0.25) is 0 Å². The van der Waals surface area contributed by atoms with Crippen LogP contribution in [0.25, 0.3) is 10.9 Å². The first-order valence-corrected chi connectivity index (χ1v) is 6.25. The third-order valence-electron chi connectivity index (χ3n) is 3.27. The number of carbonyl (C=O) groups is 1. The Kier molecular flexibility index (Phi) is 3.53. The number of para-hydroxylation sites is 1. The Morgan fingerprint density at radius 1 is 1.33 bits per heavy atom. The number of carbonyl (C=O) groups excluding carboxylic acids is 1. The largest absolute Gasteiger partial charge is 0.345 e. The van der Waals surface area contributed by atoms with E-state index in [9.17, 15) is 4.79 Å². The van der Waals surface area contributed by atoms with Crippen molar-refractivity contribution < 1.29 is 4.79 Å². The van der Waals surface area contributed by atoms with E-state index in [0.717, 1.165) is 24.0 Å². The molecule has 3 nitrogen and oxygen atoms in total. The highest BCUT2D eigenvalue weighted by atomic mass is 16.1. The van der Waals surface area contributed by atoms with Gasteiger partial charge in [-0.05, 0) is 33.5 Å². The Bertz CT molecular complexity index is 581. The van der Waals surface area contributed by atoms with Gasteiger partial charge in [0.05, 0.1) is 5.52 Å². The number of aryl methyl sites for hydroxylation is 1. The summed E-state index contributed by atoms with van der Waals surface area (Å²) in [6.45, 7) is 5.60. The zero-order valence-corrected chi connectivity index (χ0v) is 11.5. The number of benzene rings is 1. The van der Waals surface area contributed by atoms with E-state index in [0.29, 0.717) is 0 Å². The van der Waals surface area contributed by atoms with Gasteiger partial charge in [0.15, 0.2) is 5.78 Å². The molecule has 0 saturated carbocycles. The first kappa shape index (κ1) is 12.8. The zero-order chi connectivity index (χ0) is 13.3. The summed E-state index contributed by atoms with van der Waals surface area (Å²) in [5.74, 6) is 0.134. The van der Waals surface area contributed by atoms with Crippen molar-refractivity contribution in [2.45, 2.75) is 20.4 Å². The Labute approximate surface area is 108 Å². The smallest absolute Gasteiger partial charge is 0.161 e. The zero-order valence-electron chi connectivity index (χ0n) is 11.5. The van der Waals surface area contributed by atoms with Gasteiger partial charge in [0.1, 0.15) is 0 Å². The number of ketones is 1. The van der Waals surface area contributed by atoms with Crippen LogP contribution in [0.3, 0.4) is 0 Å². The second-order valence-corrected chi connectivity index (χ2v) is 5.07. The lowest BCUT2D eigenvalue weighted by atomic mass is 10.1. The third-order valence-corrected chi connectivity index (χ3v) is 3.27. The van der Waals surface area contributed by atoms with Crippen molar-refractivity contribution in [3.05, 3.63) is 35.5 Å². The number of nitrogens with zero attached hydrogens (tertiary/aromatic N) is 2. The van der Waals surface area contributed by atoms with Crippen molar-refractivity contribution in [3.63, 3.8) is 0 Å². The van der Waals surface area contributed by atoms with E-state index in [-0.39, 0.29) is 5.78 Å². The Morgan fingerprint density at radius 2 is 2.06 bits per heavy atom. The molecule has 0 aliphatic rings. The van der Waals surface area contributed by atoms with Crippen LogP contribution in [0, 0.1) is 6.92 Å². The normalized spacial score (nSPS) is 11.4. The van der Waals surface area contributed by atoms with Gasteiger partial charge in [-0.15, -0.1) is 0 Å². The Hall–Kier alpha value is -1.61. The molecule has 0 spiro atoms. The van der Waals surface area contributed by atoms with Crippen molar-refractivity contribution in [1.82, 2.24) is 9.47 Å². The predicted molar refractivity (Wildman–Crippen MR) is 75.2 cm³/mol. The summed E-state index contributed by atoms with van der Waals surface area (Å²) in [6, 6.07) is 6.14. The molecule has 0 N–H and O–H groups in total. The van der Waals surface area contributed by atoms with Crippen LogP contribution in [0.2, 0.25) is 0 Å². The molecule has 0 bridgehead atoms. The van der Waals surface area contributed by atoms with Crippen LogP contribution in [0.4, 0.5) is 0 Å². The fraction of sp³-hybridized carbons (Fsp3) is 0.400. The molecule has 0 aliphatic carbocycles. The van der Waals surface area contributed by atoms with E-state index in [1.54, 1.807) is 6.92 Å². The SMILES string of the molecule is CC(=O)c1cn(CCN(C)C)c2c(C)cccc12. The molecular formula is C15H20N2O. The van der Waals surface area contributed by atoms with Crippen LogP contribution in [0.1, 0.15) is 22.8 Å². The van der Waals surface area contributed by atoms with E-state index in [4.69, 9.17) is 0 Å². The van der Waals surface area contributed by atoms with Crippen LogP contribution in [-0.4, -0.2) is 35.9 Å². The highest BCUT2D eigenvalue weighted by molar-refractivity contribution is 6.07. The number of fused-ring (bicyclic) bond motifs is 1. The van der Waals surface area contributed by atoms with Crippen LogP contribution < -0.4 is 0 Å². The fourth-order valence-corrected chi connectivity index (χ4v) is 2.31. The molecule has 3 heteroatoms. The molecule has 1 aromatic heterocycles. The van der Waals surface area contributed by atoms with Crippen LogP contribution in [0.5, 0.6) is 0 Å². The number of aromatic nitrogens is 1. The second-order valence-electron chi connectivity index (χ2n) is 5.07. The molecule has 1 heterocycles.